The number of ether oxygens (including phenoxy) is 3. The normalized spacial score (nSPS) is 9.79. The first-order valence-corrected chi connectivity index (χ1v) is 7.06. The Morgan fingerprint density at radius 2 is 1.38 bits per heavy atom. The minimum Gasteiger partial charge on any atom is -0.496 e. The molecule has 7 nitrogen and oxygen atoms in total. The van der Waals surface area contributed by atoms with Gasteiger partial charge in [-0.2, -0.15) is 0 Å². The maximum absolute atomic E-state index is 12.1. The molecule has 0 fully saturated rings. The highest BCUT2D eigenvalue weighted by Gasteiger charge is 2.14. The van der Waals surface area contributed by atoms with Crippen LogP contribution in [0.2, 0.25) is 0 Å². The van der Waals surface area contributed by atoms with Crippen LogP contribution in [0.5, 0.6) is 17.2 Å². The van der Waals surface area contributed by atoms with Gasteiger partial charge >= 0.3 is 0 Å². The molecule has 2 N–H and O–H groups in total. The molecule has 0 unspecified atom stereocenters. The quantitative estimate of drug-likeness (QED) is 0.816. The number of rotatable bonds is 5. The van der Waals surface area contributed by atoms with Gasteiger partial charge in [-0.15, -0.1) is 0 Å². The summed E-state index contributed by atoms with van der Waals surface area (Å²) in [6, 6.07) is 11.4. The lowest BCUT2D eigenvalue weighted by Gasteiger charge is -2.11. The van der Waals surface area contributed by atoms with Crippen molar-refractivity contribution in [3.8, 4) is 17.2 Å². The first kappa shape index (κ1) is 17.1. The van der Waals surface area contributed by atoms with E-state index >= 15 is 0 Å². The standard InChI is InChI=1S/C17H18N2O5/c1-22-13-7-5-4-6-12(13)17(21)19-18-16(20)11-8-9-14(23-2)15(10-11)24-3/h4-10H,1-3H3,(H,18,20)(H,19,21). The van der Waals surface area contributed by atoms with Crippen molar-refractivity contribution in [1.82, 2.24) is 10.9 Å². The van der Waals surface area contributed by atoms with E-state index in [0.717, 1.165) is 0 Å². The van der Waals surface area contributed by atoms with Crippen LogP contribution in [0, 0.1) is 0 Å². The van der Waals surface area contributed by atoms with E-state index in [1.54, 1.807) is 36.4 Å². The molecule has 0 heterocycles. The SMILES string of the molecule is COc1ccc(C(=O)NNC(=O)c2ccccc2OC)cc1OC. The van der Waals surface area contributed by atoms with Gasteiger partial charge in [-0.1, -0.05) is 12.1 Å². The lowest BCUT2D eigenvalue weighted by Crippen LogP contribution is -2.41. The van der Waals surface area contributed by atoms with E-state index in [0.29, 0.717) is 28.4 Å². The van der Waals surface area contributed by atoms with Crippen molar-refractivity contribution in [2.24, 2.45) is 0 Å². The Morgan fingerprint density at radius 3 is 2.04 bits per heavy atom. The molecule has 0 aliphatic rings. The highest BCUT2D eigenvalue weighted by molar-refractivity contribution is 6.00. The number of carbonyl (C=O) groups is 2. The van der Waals surface area contributed by atoms with Gasteiger partial charge in [-0.3, -0.25) is 20.4 Å². The zero-order valence-electron chi connectivity index (χ0n) is 13.6. The number of hydrogen-bond donors (Lipinski definition) is 2. The molecule has 0 saturated carbocycles. The van der Waals surface area contributed by atoms with Crippen molar-refractivity contribution >= 4 is 11.8 Å². The Morgan fingerprint density at radius 1 is 0.750 bits per heavy atom. The van der Waals surface area contributed by atoms with E-state index < -0.39 is 11.8 Å². The molecular weight excluding hydrogens is 312 g/mol. The molecule has 24 heavy (non-hydrogen) atoms. The smallest absolute Gasteiger partial charge is 0.273 e. The van der Waals surface area contributed by atoms with Crippen molar-refractivity contribution in [1.29, 1.82) is 0 Å². The number of hydrogen-bond acceptors (Lipinski definition) is 5. The van der Waals surface area contributed by atoms with E-state index in [-0.39, 0.29) is 0 Å². The zero-order chi connectivity index (χ0) is 17.5. The third kappa shape index (κ3) is 3.75. The van der Waals surface area contributed by atoms with Gasteiger partial charge in [0.15, 0.2) is 11.5 Å². The molecule has 0 aliphatic heterocycles. The summed E-state index contributed by atoms with van der Waals surface area (Å²) < 4.78 is 15.4. The van der Waals surface area contributed by atoms with Gasteiger partial charge in [0.1, 0.15) is 5.75 Å². The summed E-state index contributed by atoms with van der Waals surface area (Å²) in [6.45, 7) is 0. The van der Waals surface area contributed by atoms with Gasteiger partial charge in [0.25, 0.3) is 11.8 Å². The Kier molecular flexibility index (Phi) is 5.62. The molecule has 0 aliphatic carbocycles. The van der Waals surface area contributed by atoms with Crippen molar-refractivity contribution in [3.05, 3.63) is 53.6 Å². The number of amides is 2. The number of carbonyl (C=O) groups excluding carboxylic acids is 2. The van der Waals surface area contributed by atoms with Crippen LogP contribution in [0.3, 0.4) is 0 Å². The van der Waals surface area contributed by atoms with Crippen LogP contribution in [-0.2, 0) is 0 Å². The summed E-state index contributed by atoms with van der Waals surface area (Å²) >= 11 is 0. The minimum absolute atomic E-state index is 0.313. The lowest BCUT2D eigenvalue weighted by atomic mass is 10.2. The highest BCUT2D eigenvalue weighted by Crippen LogP contribution is 2.27. The third-order valence-corrected chi connectivity index (χ3v) is 3.29. The Hall–Kier alpha value is -3.22. The topological polar surface area (TPSA) is 85.9 Å². The first-order valence-electron chi connectivity index (χ1n) is 7.06. The van der Waals surface area contributed by atoms with Gasteiger partial charge < -0.3 is 14.2 Å². The third-order valence-electron chi connectivity index (χ3n) is 3.29. The molecule has 2 rings (SSSR count). The van der Waals surface area contributed by atoms with Crippen molar-refractivity contribution in [2.45, 2.75) is 0 Å². The average Bonchev–Trinajstić information content (AvgIpc) is 2.64. The highest BCUT2D eigenvalue weighted by atomic mass is 16.5. The second kappa shape index (κ2) is 7.87. The van der Waals surface area contributed by atoms with Gasteiger partial charge in [-0.05, 0) is 30.3 Å². The van der Waals surface area contributed by atoms with E-state index in [1.165, 1.54) is 27.4 Å². The molecule has 7 heteroatoms. The maximum atomic E-state index is 12.1. The summed E-state index contributed by atoms with van der Waals surface area (Å²) in [4.78, 5) is 24.3. The van der Waals surface area contributed by atoms with Crippen LogP contribution in [-0.4, -0.2) is 33.1 Å². The van der Waals surface area contributed by atoms with Gasteiger partial charge in [0, 0.05) is 5.56 Å². The van der Waals surface area contributed by atoms with Crippen molar-refractivity contribution in [3.63, 3.8) is 0 Å². The Labute approximate surface area is 139 Å². The first-order chi connectivity index (χ1) is 11.6. The number of nitrogens with one attached hydrogen (secondary N) is 2. The van der Waals surface area contributed by atoms with Gasteiger partial charge in [0.2, 0.25) is 0 Å². The summed E-state index contributed by atoms with van der Waals surface area (Å²) in [5.74, 6) is 0.365. The second-order valence-corrected chi connectivity index (χ2v) is 4.68. The van der Waals surface area contributed by atoms with Crippen molar-refractivity contribution < 1.29 is 23.8 Å². The maximum Gasteiger partial charge on any atom is 0.273 e. The summed E-state index contributed by atoms with van der Waals surface area (Å²) in [6.07, 6.45) is 0. The summed E-state index contributed by atoms with van der Waals surface area (Å²) in [7, 11) is 4.45. The van der Waals surface area contributed by atoms with Gasteiger partial charge in [0.05, 0.1) is 26.9 Å². The molecule has 2 aromatic carbocycles. The molecule has 0 atom stereocenters. The average molecular weight is 330 g/mol. The molecule has 0 spiro atoms. The Bertz CT molecular complexity index is 746. The molecule has 126 valence electrons. The minimum atomic E-state index is -0.487. The number of methoxy groups -OCH3 is 3. The molecule has 0 aromatic heterocycles. The van der Waals surface area contributed by atoms with Crippen LogP contribution in [0.25, 0.3) is 0 Å². The fourth-order valence-corrected chi connectivity index (χ4v) is 2.06. The summed E-state index contributed by atoms with van der Waals surface area (Å²) in [5, 5.41) is 0. The van der Waals surface area contributed by atoms with E-state index in [9.17, 15) is 9.59 Å². The number of benzene rings is 2. The molecular formula is C17H18N2O5. The fourth-order valence-electron chi connectivity index (χ4n) is 2.06. The van der Waals surface area contributed by atoms with E-state index in [4.69, 9.17) is 14.2 Å². The molecule has 0 bridgehead atoms. The van der Waals surface area contributed by atoms with Crippen LogP contribution < -0.4 is 25.1 Å². The van der Waals surface area contributed by atoms with Crippen LogP contribution in [0.1, 0.15) is 20.7 Å². The predicted octanol–water partition coefficient (Wildman–Crippen LogP) is 1.79. The summed E-state index contributed by atoms with van der Waals surface area (Å²) in [5.41, 5.74) is 5.32. The zero-order valence-corrected chi connectivity index (χ0v) is 13.6. The van der Waals surface area contributed by atoms with E-state index in [1.807, 2.05) is 0 Å². The monoisotopic (exact) mass is 330 g/mol. The van der Waals surface area contributed by atoms with Crippen LogP contribution >= 0.6 is 0 Å². The Balaban J connectivity index is 2.06. The molecule has 2 amide bonds. The van der Waals surface area contributed by atoms with Crippen LogP contribution in [0.4, 0.5) is 0 Å². The fraction of sp³-hybridized carbons (Fsp3) is 0.176. The van der Waals surface area contributed by atoms with Crippen molar-refractivity contribution in [2.75, 3.05) is 21.3 Å². The van der Waals surface area contributed by atoms with Gasteiger partial charge in [-0.25, -0.2) is 0 Å². The second-order valence-electron chi connectivity index (χ2n) is 4.68. The molecule has 0 saturated heterocycles. The van der Waals surface area contributed by atoms with E-state index in [2.05, 4.69) is 10.9 Å². The number of hydrazine groups is 1. The number of para-hydroxylation sites is 1. The van der Waals surface area contributed by atoms with Crippen LogP contribution in [0.15, 0.2) is 42.5 Å². The predicted molar refractivity (Wildman–Crippen MR) is 87.5 cm³/mol. The lowest BCUT2D eigenvalue weighted by molar-refractivity contribution is 0.0844. The largest absolute Gasteiger partial charge is 0.496 e. The molecule has 0 radical (unpaired) electrons. The molecule has 2 aromatic rings.